The van der Waals surface area contributed by atoms with Crippen molar-refractivity contribution in [1.82, 2.24) is 0 Å². The Hall–Kier alpha value is -1.22. The van der Waals surface area contributed by atoms with E-state index in [9.17, 15) is 26.3 Å². The van der Waals surface area contributed by atoms with Crippen LogP contribution in [0.15, 0.2) is 18.2 Å². The van der Waals surface area contributed by atoms with Gasteiger partial charge >= 0.3 is 12.4 Å². The van der Waals surface area contributed by atoms with Crippen LogP contribution in [0, 0.1) is 0 Å². The Morgan fingerprint density at radius 3 is 2.05 bits per heavy atom. The highest BCUT2D eigenvalue weighted by Gasteiger charge is 2.59. The van der Waals surface area contributed by atoms with Crippen LogP contribution in [0.5, 0.6) is 5.75 Å². The van der Waals surface area contributed by atoms with Crippen LogP contribution in [0.25, 0.3) is 0 Å². The van der Waals surface area contributed by atoms with Gasteiger partial charge in [0.25, 0.3) is 6.10 Å². The molecule has 0 amide bonds. The molecule has 0 aromatic heterocycles. The van der Waals surface area contributed by atoms with Crippen molar-refractivity contribution >= 4 is 28.8 Å². The van der Waals surface area contributed by atoms with Crippen LogP contribution in [0.3, 0.4) is 0 Å². The lowest BCUT2D eigenvalue weighted by Gasteiger charge is -2.24. The van der Waals surface area contributed by atoms with Crippen molar-refractivity contribution in [1.29, 1.82) is 0 Å². The number of hydrogen-bond donors (Lipinski definition) is 1. The molecule has 112 valence electrons. The Morgan fingerprint density at radius 1 is 1.15 bits per heavy atom. The lowest BCUT2D eigenvalue weighted by molar-refractivity contribution is -0.299. The normalized spacial score (nSPS) is 12.6. The van der Waals surface area contributed by atoms with Gasteiger partial charge in [0.2, 0.25) is 0 Å². The molecule has 0 fully saturated rings. The van der Waals surface area contributed by atoms with Crippen molar-refractivity contribution < 1.29 is 31.1 Å². The minimum atomic E-state index is -5.63. The zero-order valence-electron chi connectivity index (χ0n) is 9.35. The second kappa shape index (κ2) is 5.65. The van der Waals surface area contributed by atoms with E-state index in [0.717, 1.165) is 18.2 Å². The second-order valence-electron chi connectivity index (χ2n) is 3.59. The lowest BCUT2D eigenvalue weighted by atomic mass is 10.2. The molecule has 0 unspecified atom stereocenters. The van der Waals surface area contributed by atoms with Gasteiger partial charge in [-0.05, 0) is 18.2 Å². The molecule has 0 aliphatic rings. The Balaban J connectivity index is 3.22. The summed E-state index contributed by atoms with van der Waals surface area (Å²) in [7, 11) is 0. The van der Waals surface area contributed by atoms with Crippen molar-refractivity contribution in [2.75, 3.05) is 0 Å². The van der Waals surface area contributed by atoms with E-state index in [1.54, 1.807) is 0 Å². The molecule has 0 atom stereocenters. The maximum Gasteiger partial charge on any atom is 0.434 e. The number of benzene rings is 1. The van der Waals surface area contributed by atoms with E-state index in [0.29, 0.717) is 0 Å². The fraction of sp³-hybridized carbons (Fsp3) is 0.300. The number of alkyl halides is 6. The van der Waals surface area contributed by atoms with Crippen LogP contribution in [-0.4, -0.2) is 23.4 Å². The van der Waals surface area contributed by atoms with Crippen LogP contribution in [0.2, 0.25) is 5.02 Å². The molecule has 20 heavy (non-hydrogen) atoms. The van der Waals surface area contributed by atoms with E-state index in [-0.39, 0.29) is 10.6 Å². The summed E-state index contributed by atoms with van der Waals surface area (Å²) in [6, 6.07) is 2.91. The number of thiocarbonyl (C=S) groups is 1. The Labute approximate surface area is 119 Å². The molecular weight excluding hydrogens is 332 g/mol. The molecule has 2 nitrogen and oxygen atoms in total. The predicted octanol–water partition coefficient (Wildman–Crippen LogP) is 3.85. The van der Waals surface area contributed by atoms with Gasteiger partial charge in [-0.15, -0.1) is 0 Å². The molecule has 0 saturated heterocycles. The Bertz CT molecular complexity index is 501. The maximum absolute atomic E-state index is 12.4. The quantitative estimate of drug-likeness (QED) is 0.672. The second-order valence-corrected chi connectivity index (χ2v) is 4.46. The molecule has 0 aliphatic heterocycles. The van der Waals surface area contributed by atoms with Crippen molar-refractivity contribution in [2.45, 2.75) is 18.5 Å². The first-order valence-electron chi connectivity index (χ1n) is 4.82. The van der Waals surface area contributed by atoms with Crippen molar-refractivity contribution in [3.05, 3.63) is 28.8 Å². The zero-order chi connectivity index (χ0) is 15.7. The smallest absolute Gasteiger partial charge is 0.434 e. The summed E-state index contributed by atoms with van der Waals surface area (Å²) >= 11 is 10.1. The van der Waals surface area contributed by atoms with Crippen LogP contribution in [0.1, 0.15) is 5.56 Å². The largest absolute Gasteiger partial charge is 0.471 e. The fourth-order valence-electron chi connectivity index (χ4n) is 1.24. The molecule has 0 saturated carbocycles. The first kappa shape index (κ1) is 16.8. The van der Waals surface area contributed by atoms with Gasteiger partial charge in [0.05, 0.1) is 5.56 Å². The lowest BCUT2D eigenvalue weighted by Crippen LogP contribution is -2.46. The first-order chi connectivity index (χ1) is 8.93. The average molecular weight is 338 g/mol. The van der Waals surface area contributed by atoms with E-state index >= 15 is 0 Å². The monoisotopic (exact) mass is 337 g/mol. The number of halogens is 7. The summed E-state index contributed by atoms with van der Waals surface area (Å²) in [5.41, 5.74) is 4.89. The van der Waals surface area contributed by atoms with Crippen molar-refractivity contribution in [2.24, 2.45) is 5.73 Å². The molecule has 1 rings (SSSR count). The summed E-state index contributed by atoms with van der Waals surface area (Å²) in [6.07, 6.45) is -15.2. The average Bonchev–Trinajstić information content (AvgIpc) is 2.23. The maximum atomic E-state index is 12.4. The molecule has 1 aromatic rings. The third-order valence-corrected chi connectivity index (χ3v) is 2.50. The third kappa shape index (κ3) is 4.14. The van der Waals surface area contributed by atoms with Gasteiger partial charge in [0, 0.05) is 5.02 Å². The molecule has 0 spiro atoms. The Kier molecular flexibility index (Phi) is 4.75. The standard InChI is InChI=1S/C10H6ClF6NOS/c11-4-1-2-6(5(3-4)7(18)20)19-8(9(12,13)14)10(15,16)17/h1-3,8H,(H2,18,20). The van der Waals surface area contributed by atoms with E-state index in [1.165, 1.54) is 0 Å². The molecule has 0 bridgehead atoms. The highest BCUT2D eigenvalue weighted by atomic mass is 35.5. The van der Waals surface area contributed by atoms with Gasteiger partial charge in [0.1, 0.15) is 10.7 Å². The minimum Gasteiger partial charge on any atom is -0.471 e. The van der Waals surface area contributed by atoms with E-state index in [2.05, 4.69) is 17.0 Å². The molecule has 0 radical (unpaired) electrons. The number of nitrogens with two attached hydrogens (primary N) is 1. The highest BCUT2D eigenvalue weighted by molar-refractivity contribution is 7.80. The van der Waals surface area contributed by atoms with E-state index in [4.69, 9.17) is 17.3 Å². The van der Waals surface area contributed by atoms with Crippen molar-refractivity contribution in [3.63, 3.8) is 0 Å². The summed E-state index contributed by atoms with van der Waals surface area (Å²) in [4.78, 5) is -0.439. The first-order valence-corrected chi connectivity index (χ1v) is 5.61. The molecular formula is C10H6ClF6NOS. The van der Waals surface area contributed by atoms with Crippen LogP contribution in [0.4, 0.5) is 26.3 Å². The van der Waals surface area contributed by atoms with Gasteiger partial charge in [-0.2, -0.15) is 26.3 Å². The summed E-state index contributed by atoms with van der Waals surface area (Å²) in [5, 5.41) is 0.0377. The summed E-state index contributed by atoms with van der Waals surface area (Å²) < 4.78 is 78.3. The fourth-order valence-corrected chi connectivity index (χ4v) is 1.58. The predicted molar refractivity (Wildman–Crippen MR) is 63.9 cm³/mol. The van der Waals surface area contributed by atoms with Crippen molar-refractivity contribution in [3.8, 4) is 5.75 Å². The summed E-state index contributed by atoms with van der Waals surface area (Å²) in [6.45, 7) is 0. The minimum absolute atomic E-state index is 0.0377. The topological polar surface area (TPSA) is 35.2 Å². The van der Waals surface area contributed by atoms with Gasteiger partial charge in [0.15, 0.2) is 0 Å². The van der Waals surface area contributed by atoms with Crippen LogP contribution in [-0.2, 0) is 0 Å². The number of hydrogen-bond acceptors (Lipinski definition) is 2. The number of rotatable bonds is 3. The van der Waals surface area contributed by atoms with Crippen LogP contribution < -0.4 is 10.5 Å². The molecule has 1 aromatic carbocycles. The van der Waals surface area contributed by atoms with Gasteiger partial charge < -0.3 is 10.5 Å². The zero-order valence-corrected chi connectivity index (χ0v) is 10.9. The van der Waals surface area contributed by atoms with Gasteiger partial charge in [-0.25, -0.2) is 0 Å². The molecule has 0 aliphatic carbocycles. The van der Waals surface area contributed by atoms with E-state index < -0.39 is 29.2 Å². The van der Waals surface area contributed by atoms with E-state index in [1.807, 2.05) is 0 Å². The van der Waals surface area contributed by atoms with Gasteiger partial charge in [-0.3, -0.25) is 0 Å². The van der Waals surface area contributed by atoms with Gasteiger partial charge in [-0.1, -0.05) is 23.8 Å². The third-order valence-electron chi connectivity index (χ3n) is 2.05. The number of ether oxygens (including phenoxy) is 1. The highest BCUT2D eigenvalue weighted by Crippen LogP contribution is 2.37. The molecule has 10 heteroatoms. The Morgan fingerprint density at radius 2 is 1.65 bits per heavy atom. The molecule has 0 heterocycles. The SMILES string of the molecule is NC(=S)c1cc(Cl)ccc1OC(C(F)(F)F)C(F)(F)F. The molecule has 2 N–H and O–H groups in total. The van der Waals surface area contributed by atoms with Crippen LogP contribution >= 0.6 is 23.8 Å². The summed E-state index contributed by atoms with van der Waals surface area (Å²) in [5.74, 6) is -0.749.